The van der Waals surface area contributed by atoms with Gasteiger partial charge in [-0.05, 0) is 40.2 Å². The average Bonchev–Trinajstić information content (AvgIpc) is 3.17. The fourth-order valence-electron chi connectivity index (χ4n) is 1.86. The summed E-state index contributed by atoms with van der Waals surface area (Å²) in [6.45, 7) is 0.309. The molecule has 0 fully saturated rings. The Morgan fingerprint density at radius 2 is 2.09 bits per heavy atom. The van der Waals surface area contributed by atoms with Gasteiger partial charge >= 0.3 is 0 Å². The Bertz CT molecular complexity index is 891. The monoisotopic (exact) mass is 429 g/mol. The van der Waals surface area contributed by atoms with Gasteiger partial charge in [0.05, 0.1) is 15.2 Å². The summed E-state index contributed by atoms with van der Waals surface area (Å²) in [5, 5.41) is 2.77. The summed E-state index contributed by atoms with van der Waals surface area (Å²) < 4.78 is 27.9. The van der Waals surface area contributed by atoms with Crippen LogP contribution in [0.5, 0.6) is 0 Å². The van der Waals surface area contributed by atoms with Crippen LogP contribution in [0.15, 0.2) is 49.9 Å². The van der Waals surface area contributed by atoms with Gasteiger partial charge in [0.15, 0.2) is 0 Å². The fourth-order valence-corrected chi connectivity index (χ4v) is 5.77. The number of aromatic nitrogens is 2. The van der Waals surface area contributed by atoms with Gasteiger partial charge in [0, 0.05) is 24.5 Å². The number of sulfonamides is 1. The van der Waals surface area contributed by atoms with E-state index in [0.717, 1.165) is 20.2 Å². The summed E-state index contributed by atoms with van der Waals surface area (Å²) in [6.07, 6.45) is 2.26. The van der Waals surface area contributed by atoms with Gasteiger partial charge in [0.25, 0.3) is 0 Å². The minimum absolute atomic E-state index is 0.303. The lowest BCUT2D eigenvalue weighted by Crippen LogP contribution is -2.25. The zero-order valence-corrected chi connectivity index (χ0v) is 15.8. The smallest absolute Gasteiger partial charge is 0.250 e. The topological polar surface area (TPSA) is 72.0 Å². The van der Waals surface area contributed by atoms with Crippen molar-refractivity contribution in [3.8, 4) is 10.7 Å². The third kappa shape index (κ3) is 4.24. The molecule has 120 valence electrons. The van der Waals surface area contributed by atoms with Gasteiger partial charge < -0.3 is 0 Å². The minimum atomic E-state index is -3.45. The quantitative estimate of drug-likeness (QED) is 0.649. The van der Waals surface area contributed by atoms with Crippen molar-refractivity contribution in [2.45, 2.75) is 10.6 Å². The normalized spacial score (nSPS) is 11.7. The molecule has 3 rings (SSSR count). The van der Waals surface area contributed by atoms with Crippen LogP contribution < -0.4 is 4.72 Å². The van der Waals surface area contributed by atoms with E-state index in [4.69, 9.17) is 0 Å². The molecular weight excluding hydrogens is 418 g/mol. The van der Waals surface area contributed by atoms with Crippen molar-refractivity contribution in [2.75, 3.05) is 6.54 Å². The van der Waals surface area contributed by atoms with Crippen LogP contribution in [-0.4, -0.2) is 24.9 Å². The van der Waals surface area contributed by atoms with Crippen LogP contribution in [0.4, 0.5) is 0 Å². The number of thiophene rings is 1. The standard InChI is InChI=1S/C14H12BrN3O2S3/c15-12-4-5-13(22-12)23(19,20)17-8-6-10-9-21-14(18-10)11-3-1-2-7-16-11/h1-5,7,9,17H,6,8H2. The summed E-state index contributed by atoms with van der Waals surface area (Å²) in [5.41, 5.74) is 1.68. The van der Waals surface area contributed by atoms with E-state index >= 15 is 0 Å². The van der Waals surface area contributed by atoms with Crippen molar-refractivity contribution < 1.29 is 8.42 Å². The fraction of sp³-hybridized carbons (Fsp3) is 0.143. The zero-order valence-electron chi connectivity index (χ0n) is 11.8. The van der Waals surface area contributed by atoms with Crippen molar-refractivity contribution in [3.05, 3.63) is 51.4 Å². The van der Waals surface area contributed by atoms with Gasteiger partial charge in [-0.2, -0.15) is 0 Å². The van der Waals surface area contributed by atoms with Crippen molar-refractivity contribution in [2.24, 2.45) is 0 Å². The molecule has 0 aromatic carbocycles. The summed E-state index contributed by atoms with van der Waals surface area (Å²) in [7, 11) is -3.45. The lowest BCUT2D eigenvalue weighted by molar-refractivity contribution is 0.583. The second-order valence-corrected chi connectivity index (χ2v) is 9.88. The van der Waals surface area contributed by atoms with E-state index < -0.39 is 10.0 Å². The van der Waals surface area contributed by atoms with E-state index in [0.29, 0.717) is 17.2 Å². The first-order chi connectivity index (χ1) is 11.0. The molecule has 0 aliphatic carbocycles. The first-order valence-electron chi connectivity index (χ1n) is 6.65. The van der Waals surface area contributed by atoms with Gasteiger partial charge in [-0.1, -0.05) is 6.07 Å². The Kier molecular flexibility index (Phi) is 5.22. The number of hydrogen-bond acceptors (Lipinski definition) is 6. The van der Waals surface area contributed by atoms with Gasteiger partial charge in [-0.25, -0.2) is 18.1 Å². The molecule has 23 heavy (non-hydrogen) atoms. The van der Waals surface area contributed by atoms with Crippen LogP contribution in [0.25, 0.3) is 10.7 Å². The average molecular weight is 430 g/mol. The maximum Gasteiger partial charge on any atom is 0.250 e. The van der Waals surface area contributed by atoms with Crippen LogP contribution in [0.1, 0.15) is 5.69 Å². The van der Waals surface area contributed by atoms with Crippen LogP contribution in [0.3, 0.4) is 0 Å². The molecule has 0 saturated heterocycles. The highest BCUT2D eigenvalue weighted by Crippen LogP contribution is 2.26. The van der Waals surface area contributed by atoms with Crippen molar-refractivity contribution >= 4 is 48.6 Å². The summed E-state index contributed by atoms with van der Waals surface area (Å²) in [4.78, 5) is 8.75. The molecule has 0 spiro atoms. The molecule has 0 radical (unpaired) electrons. The van der Waals surface area contributed by atoms with Gasteiger partial charge in [0.1, 0.15) is 9.22 Å². The Morgan fingerprint density at radius 1 is 1.22 bits per heavy atom. The van der Waals surface area contributed by atoms with E-state index in [2.05, 4.69) is 30.6 Å². The van der Waals surface area contributed by atoms with Crippen LogP contribution in [0.2, 0.25) is 0 Å². The number of nitrogens with zero attached hydrogens (tertiary/aromatic N) is 2. The first-order valence-corrected chi connectivity index (χ1v) is 10.6. The van der Waals surface area contributed by atoms with Gasteiger partial charge in [-0.15, -0.1) is 22.7 Å². The van der Waals surface area contributed by atoms with Gasteiger partial charge in [-0.3, -0.25) is 4.98 Å². The lowest BCUT2D eigenvalue weighted by Gasteiger charge is -2.03. The molecule has 0 bridgehead atoms. The molecule has 3 heterocycles. The molecule has 9 heteroatoms. The van der Waals surface area contributed by atoms with Crippen LogP contribution >= 0.6 is 38.6 Å². The predicted octanol–water partition coefficient (Wildman–Crippen LogP) is 3.55. The van der Waals surface area contributed by atoms with E-state index in [1.165, 1.54) is 22.7 Å². The van der Waals surface area contributed by atoms with Crippen LogP contribution in [0, 0.1) is 0 Å². The molecule has 0 aliphatic rings. The third-order valence-electron chi connectivity index (χ3n) is 2.92. The minimum Gasteiger partial charge on any atom is -0.254 e. The molecule has 3 aromatic heterocycles. The molecule has 3 aromatic rings. The number of hydrogen-bond donors (Lipinski definition) is 1. The second-order valence-electron chi connectivity index (χ2n) is 4.57. The molecule has 0 amide bonds. The van der Waals surface area contributed by atoms with E-state index in [-0.39, 0.29) is 0 Å². The first kappa shape index (κ1) is 16.7. The van der Waals surface area contributed by atoms with Crippen molar-refractivity contribution in [1.29, 1.82) is 0 Å². The lowest BCUT2D eigenvalue weighted by atomic mass is 10.3. The maximum absolute atomic E-state index is 12.1. The molecule has 0 unspecified atom stereocenters. The number of halogens is 1. The van der Waals surface area contributed by atoms with Gasteiger partial charge in [0.2, 0.25) is 10.0 Å². The Balaban J connectivity index is 1.60. The summed E-state index contributed by atoms with van der Waals surface area (Å²) in [5.74, 6) is 0. The van der Waals surface area contributed by atoms with Crippen molar-refractivity contribution in [3.63, 3.8) is 0 Å². The molecule has 0 saturated carbocycles. The second kappa shape index (κ2) is 7.18. The number of nitrogens with one attached hydrogen (secondary N) is 1. The largest absolute Gasteiger partial charge is 0.254 e. The van der Waals surface area contributed by atoms with E-state index in [1.807, 2.05) is 23.6 Å². The molecular formula is C14H12BrN3O2S3. The zero-order chi connectivity index (χ0) is 16.3. The number of pyridine rings is 1. The van der Waals surface area contributed by atoms with E-state index in [9.17, 15) is 8.42 Å². The Hall–Kier alpha value is -1.13. The summed E-state index contributed by atoms with van der Waals surface area (Å²) >= 11 is 5.96. The predicted molar refractivity (Wildman–Crippen MR) is 96.3 cm³/mol. The Labute approximate surface area is 150 Å². The maximum atomic E-state index is 12.1. The van der Waals surface area contributed by atoms with Crippen molar-refractivity contribution in [1.82, 2.24) is 14.7 Å². The highest BCUT2D eigenvalue weighted by atomic mass is 79.9. The molecule has 1 N–H and O–H groups in total. The highest BCUT2D eigenvalue weighted by Gasteiger charge is 2.16. The number of rotatable bonds is 6. The third-order valence-corrected chi connectivity index (χ3v) is 7.41. The molecule has 0 atom stereocenters. The van der Waals surface area contributed by atoms with E-state index in [1.54, 1.807) is 18.3 Å². The summed E-state index contributed by atoms with van der Waals surface area (Å²) in [6, 6.07) is 8.98. The van der Waals surface area contributed by atoms with Crippen LogP contribution in [-0.2, 0) is 16.4 Å². The SMILES string of the molecule is O=S(=O)(NCCc1csc(-c2ccccn2)n1)c1ccc(Br)s1. The Morgan fingerprint density at radius 3 is 2.78 bits per heavy atom. The highest BCUT2D eigenvalue weighted by molar-refractivity contribution is 9.11. The molecule has 0 aliphatic heterocycles. The molecule has 5 nitrogen and oxygen atoms in total. The number of thiazole rings is 1.